The Balaban J connectivity index is 1.28. The molecule has 0 aromatic rings. The summed E-state index contributed by atoms with van der Waals surface area (Å²) in [7, 11) is 0. The molecule has 54 heavy (non-hydrogen) atoms. The number of hydrogen-bond acceptors (Lipinski definition) is 18. The summed E-state index contributed by atoms with van der Waals surface area (Å²) in [4.78, 5) is 24.1. The third kappa shape index (κ3) is 22.1. The number of unbranched alkanes of at least 4 members (excludes halogenated alkanes) is 1. The maximum absolute atomic E-state index is 12.1. The fourth-order valence-electron chi connectivity index (χ4n) is 5.28. The SMILES string of the molecule is CC(CCCCNC(=O)COCCOCCOCCOC1CC(O)C(O)C(CO)O1)NC(=O)COCCOCCOCCOC1CC(O)C(O)C(CO)O1. The van der Waals surface area contributed by atoms with Gasteiger partial charge in [-0.1, -0.05) is 0 Å². The van der Waals surface area contributed by atoms with Crippen LogP contribution in [0.2, 0.25) is 0 Å². The van der Waals surface area contributed by atoms with Crippen LogP contribution in [0, 0.1) is 0 Å². The van der Waals surface area contributed by atoms with Crippen LogP contribution >= 0.6 is 0 Å². The van der Waals surface area contributed by atoms with E-state index in [1.807, 2.05) is 6.92 Å². The van der Waals surface area contributed by atoms with Crippen molar-refractivity contribution >= 4 is 11.8 Å². The maximum Gasteiger partial charge on any atom is 0.246 e. The highest BCUT2D eigenvalue weighted by Gasteiger charge is 2.37. The van der Waals surface area contributed by atoms with Crippen molar-refractivity contribution < 1.29 is 87.6 Å². The van der Waals surface area contributed by atoms with Crippen LogP contribution in [-0.2, 0) is 57.0 Å². The molecule has 0 radical (unpaired) electrons. The van der Waals surface area contributed by atoms with Gasteiger partial charge < -0.3 is 88.6 Å². The van der Waals surface area contributed by atoms with Crippen molar-refractivity contribution in [2.45, 2.75) is 94.3 Å². The lowest BCUT2D eigenvalue weighted by Crippen LogP contribution is -2.50. The van der Waals surface area contributed by atoms with Gasteiger partial charge in [-0.25, -0.2) is 0 Å². The standard InChI is InChI=1S/C34H64N2O18/c1-24(36-30(42)23-50-13-11-46-7-9-48-15-17-52-32-19-26(40)34(44)28(21-38)54-32)4-2-3-5-35-29(41)22-49-12-10-45-6-8-47-14-16-51-31-18-25(39)33(43)27(20-37)53-31/h24-28,31-34,37-40,43-44H,2-23H2,1H3,(H,35,41)(H,36,42). The van der Waals surface area contributed by atoms with Gasteiger partial charge in [0.25, 0.3) is 0 Å². The number of carbonyl (C=O) groups is 2. The Morgan fingerprint density at radius 3 is 1.46 bits per heavy atom. The molecule has 20 heteroatoms. The molecule has 2 rings (SSSR count). The second kappa shape index (κ2) is 30.4. The number of aliphatic hydroxyl groups is 6. The molecule has 9 unspecified atom stereocenters. The summed E-state index contributed by atoms with van der Waals surface area (Å²) >= 11 is 0. The molecule has 318 valence electrons. The Labute approximate surface area is 316 Å². The molecule has 0 spiro atoms. The van der Waals surface area contributed by atoms with E-state index in [2.05, 4.69) is 10.6 Å². The van der Waals surface area contributed by atoms with E-state index < -0.39 is 62.4 Å². The summed E-state index contributed by atoms with van der Waals surface area (Å²) in [5, 5.41) is 63.1. The molecular weight excluding hydrogens is 724 g/mol. The third-order valence-electron chi connectivity index (χ3n) is 8.24. The first-order valence-electron chi connectivity index (χ1n) is 18.6. The van der Waals surface area contributed by atoms with Crippen molar-refractivity contribution in [3.8, 4) is 0 Å². The molecule has 0 aromatic heterocycles. The highest BCUT2D eigenvalue weighted by atomic mass is 16.7. The molecule has 9 atom stereocenters. The Morgan fingerprint density at radius 1 is 0.611 bits per heavy atom. The molecule has 2 saturated heterocycles. The van der Waals surface area contributed by atoms with E-state index in [-0.39, 0.29) is 83.6 Å². The zero-order chi connectivity index (χ0) is 39.4. The van der Waals surface area contributed by atoms with Gasteiger partial charge in [0.15, 0.2) is 12.6 Å². The minimum atomic E-state index is -1.15. The molecule has 2 heterocycles. The van der Waals surface area contributed by atoms with Crippen LogP contribution in [0.25, 0.3) is 0 Å². The quantitative estimate of drug-likeness (QED) is 0.0308. The highest BCUT2D eigenvalue weighted by Crippen LogP contribution is 2.22. The van der Waals surface area contributed by atoms with Gasteiger partial charge in [0.05, 0.1) is 105 Å². The zero-order valence-corrected chi connectivity index (χ0v) is 31.3. The summed E-state index contributed by atoms with van der Waals surface area (Å²) in [6.45, 7) is 4.80. The molecule has 0 aliphatic carbocycles. The van der Waals surface area contributed by atoms with Crippen LogP contribution in [0.15, 0.2) is 0 Å². The number of ether oxygens (including phenoxy) is 10. The second-order valence-corrected chi connectivity index (χ2v) is 12.8. The van der Waals surface area contributed by atoms with Crippen LogP contribution in [0.3, 0.4) is 0 Å². The van der Waals surface area contributed by atoms with Gasteiger partial charge in [0, 0.05) is 25.4 Å². The molecule has 8 N–H and O–H groups in total. The Kier molecular flexibility index (Phi) is 27.3. The van der Waals surface area contributed by atoms with Crippen LogP contribution < -0.4 is 10.6 Å². The normalized spacial score (nSPS) is 26.4. The molecule has 2 aliphatic rings. The van der Waals surface area contributed by atoms with Crippen molar-refractivity contribution in [1.82, 2.24) is 10.6 Å². The Morgan fingerprint density at radius 2 is 1.02 bits per heavy atom. The van der Waals surface area contributed by atoms with Gasteiger partial charge in [0.2, 0.25) is 11.8 Å². The van der Waals surface area contributed by atoms with E-state index in [0.717, 1.165) is 19.3 Å². The smallest absolute Gasteiger partial charge is 0.246 e. The van der Waals surface area contributed by atoms with Crippen LogP contribution in [0.5, 0.6) is 0 Å². The fourth-order valence-corrected chi connectivity index (χ4v) is 5.28. The number of nitrogens with one attached hydrogen (secondary N) is 2. The van der Waals surface area contributed by atoms with Gasteiger partial charge in [-0.05, 0) is 26.2 Å². The fraction of sp³-hybridized carbons (Fsp3) is 0.941. The van der Waals surface area contributed by atoms with Crippen molar-refractivity contribution in [1.29, 1.82) is 0 Å². The number of hydrogen-bond donors (Lipinski definition) is 8. The summed E-state index contributed by atoms with van der Waals surface area (Å²) in [5.41, 5.74) is 0. The number of rotatable bonds is 32. The third-order valence-corrected chi connectivity index (χ3v) is 8.24. The van der Waals surface area contributed by atoms with Crippen molar-refractivity contribution in [2.24, 2.45) is 0 Å². The van der Waals surface area contributed by atoms with Gasteiger partial charge in [-0.2, -0.15) is 0 Å². The Hall–Kier alpha value is -1.70. The lowest BCUT2D eigenvalue weighted by molar-refractivity contribution is -0.259. The molecule has 2 aliphatic heterocycles. The van der Waals surface area contributed by atoms with E-state index in [1.54, 1.807) is 0 Å². The minimum Gasteiger partial charge on any atom is -0.394 e. The highest BCUT2D eigenvalue weighted by molar-refractivity contribution is 5.77. The zero-order valence-electron chi connectivity index (χ0n) is 31.3. The number of aliphatic hydroxyl groups excluding tert-OH is 6. The lowest BCUT2D eigenvalue weighted by Gasteiger charge is -2.35. The average Bonchev–Trinajstić information content (AvgIpc) is 3.15. The van der Waals surface area contributed by atoms with Gasteiger partial charge in [-0.3, -0.25) is 9.59 Å². The van der Waals surface area contributed by atoms with Crippen molar-refractivity contribution in [2.75, 3.05) is 112 Å². The molecular formula is C34H64N2O18. The van der Waals surface area contributed by atoms with Crippen LogP contribution in [0.1, 0.15) is 39.0 Å². The number of carbonyl (C=O) groups excluding carboxylic acids is 2. The van der Waals surface area contributed by atoms with Crippen LogP contribution in [0.4, 0.5) is 0 Å². The monoisotopic (exact) mass is 788 g/mol. The van der Waals surface area contributed by atoms with E-state index in [0.29, 0.717) is 46.2 Å². The summed E-state index contributed by atoms with van der Waals surface area (Å²) < 4.78 is 54.0. The summed E-state index contributed by atoms with van der Waals surface area (Å²) in [5.74, 6) is -0.443. The van der Waals surface area contributed by atoms with Gasteiger partial charge in [0.1, 0.15) is 37.6 Å². The van der Waals surface area contributed by atoms with Gasteiger partial charge >= 0.3 is 0 Å². The van der Waals surface area contributed by atoms with E-state index in [9.17, 15) is 40.2 Å². The van der Waals surface area contributed by atoms with Gasteiger partial charge in [-0.15, -0.1) is 0 Å². The number of amides is 2. The Bertz CT molecular complexity index is 956. The predicted octanol–water partition coefficient (Wildman–Crippen LogP) is -3.43. The predicted molar refractivity (Wildman–Crippen MR) is 186 cm³/mol. The van der Waals surface area contributed by atoms with E-state index in [4.69, 9.17) is 47.4 Å². The molecule has 0 bridgehead atoms. The largest absolute Gasteiger partial charge is 0.394 e. The molecule has 2 fully saturated rings. The molecule has 20 nitrogen and oxygen atoms in total. The molecule has 2 amide bonds. The first-order chi connectivity index (χ1) is 26.1. The lowest BCUT2D eigenvalue weighted by atomic mass is 10.0. The summed E-state index contributed by atoms with van der Waals surface area (Å²) in [6, 6.07) is -0.0452. The summed E-state index contributed by atoms with van der Waals surface area (Å²) in [6.07, 6.45) is -5.07. The second-order valence-electron chi connectivity index (χ2n) is 12.8. The molecule has 0 aromatic carbocycles. The molecule has 0 saturated carbocycles. The average molecular weight is 789 g/mol. The minimum absolute atomic E-state index is 0.0452. The topological polar surface area (TPSA) is 272 Å². The van der Waals surface area contributed by atoms with Crippen LogP contribution in [-0.4, -0.2) is 210 Å². The van der Waals surface area contributed by atoms with E-state index >= 15 is 0 Å². The van der Waals surface area contributed by atoms with Crippen molar-refractivity contribution in [3.05, 3.63) is 0 Å². The maximum atomic E-state index is 12.1. The first kappa shape index (κ1) is 48.4. The van der Waals surface area contributed by atoms with Crippen molar-refractivity contribution in [3.63, 3.8) is 0 Å². The van der Waals surface area contributed by atoms with E-state index in [1.165, 1.54) is 0 Å². The first-order valence-corrected chi connectivity index (χ1v) is 18.6.